The summed E-state index contributed by atoms with van der Waals surface area (Å²) < 4.78 is 24.3. The number of amides is 1. The minimum atomic E-state index is -0.671. The number of esters is 1. The molecule has 0 N–H and O–H groups in total. The van der Waals surface area contributed by atoms with Gasteiger partial charge in [0.25, 0.3) is 5.91 Å². The summed E-state index contributed by atoms with van der Waals surface area (Å²) >= 11 is 0. The van der Waals surface area contributed by atoms with Crippen molar-refractivity contribution >= 4 is 11.9 Å². The van der Waals surface area contributed by atoms with Gasteiger partial charge in [0.1, 0.15) is 5.82 Å². The van der Waals surface area contributed by atoms with Gasteiger partial charge in [0.05, 0.1) is 6.26 Å². The van der Waals surface area contributed by atoms with E-state index in [1.165, 1.54) is 12.3 Å². The maximum atomic E-state index is 13.8. The molecule has 1 fully saturated rings. The fraction of sp³-hybridized carbons (Fsp3) is 0.250. The lowest BCUT2D eigenvalue weighted by Crippen LogP contribution is -2.49. The van der Waals surface area contributed by atoms with Crippen molar-refractivity contribution in [1.82, 2.24) is 9.80 Å². The summed E-state index contributed by atoms with van der Waals surface area (Å²) in [6.45, 7) is 2.42. The number of carbonyl (C=O) groups excluding carboxylic acids is 2. The molecule has 4 rings (SSSR count). The molecule has 1 aromatic heterocycles. The van der Waals surface area contributed by atoms with E-state index in [0.717, 1.165) is 5.56 Å². The van der Waals surface area contributed by atoms with E-state index in [9.17, 15) is 14.0 Å². The van der Waals surface area contributed by atoms with Crippen LogP contribution in [-0.4, -0.2) is 54.5 Å². The van der Waals surface area contributed by atoms with Gasteiger partial charge in [0.2, 0.25) is 5.76 Å². The van der Waals surface area contributed by atoms with E-state index in [2.05, 4.69) is 4.90 Å². The molecule has 1 aliphatic heterocycles. The summed E-state index contributed by atoms with van der Waals surface area (Å²) in [5, 5.41) is 0. The third-order valence-electron chi connectivity index (χ3n) is 5.34. The van der Waals surface area contributed by atoms with Crippen LogP contribution in [0.1, 0.15) is 16.1 Å². The Morgan fingerprint density at radius 1 is 0.935 bits per heavy atom. The third kappa shape index (κ3) is 5.00. The molecule has 0 atom stereocenters. The fourth-order valence-electron chi connectivity index (χ4n) is 3.62. The largest absolute Gasteiger partial charge is 0.457 e. The predicted octanol–water partition coefficient (Wildman–Crippen LogP) is 3.59. The number of furan rings is 1. The van der Waals surface area contributed by atoms with Crippen LogP contribution in [0, 0.1) is 5.82 Å². The first kappa shape index (κ1) is 20.8. The number of carbonyl (C=O) groups is 2. The molecule has 0 saturated carbocycles. The zero-order chi connectivity index (χ0) is 21.6. The number of rotatable bonds is 6. The molecule has 160 valence electrons. The Morgan fingerprint density at radius 2 is 1.65 bits per heavy atom. The van der Waals surface area contributed by atoms with Crippen LogP contribution in [0.4, 0.5) is 4.39 Å². The number of hydrogen-bond acceptors (Lipinski definition) is 5. The van der Waals surface area contributed by atoms with E-state index < -0.39 is 5.97 Å². The topological polar surface area (TPSA) is 63.0 Å². The maximum Gasteiger partial charge on any atom is 0.375 e. The highest BCUT2D eigenvalue weighted by atomic mass is 19.1. The van der Waals surface area contributed by atoms with Crippen molar-refractivity contribution in [2.24, 2.45) is 0 Å². The first-order valence-corrected chi connectivity index (χ1v) is 10.2. The average molecular weight is 422 g/mol. The lowest BCUT2D eigenvalue weighted by Gasteiger charge is -2.34. The number of nitrogens with zero attached hydrogens (tertiary/aromatic N) is 2. The summed E-state index contributed by atoms with van der Waals surface area (Å²) in [5.41, 5.74) is 2.10. The molecular weight excluding hydrogens is 399 g/mol. The van der Waals surface area contributed by atoms with Crippen molar-refractivity contribution in [2.45, 2.75) is 6.54 Å². The molecule has 2 aromatic carbocycles. The molecule has 3 aromatic rings. The molecule has 0 radical (unpaired) electrons. The molecule has 0 spiro atoms. The van der Waals surface area contributed by atoms with Crippen LogP contribution in [0.2, 0.25) is 0 Å². The van der Waals surface area contributed by atoms with Crippen molar-refractivity contribution < 1.29 is 23.1 Å². The van der Waals surface area contributed by atoms with Crippen LogP contribution < -0.4 is 0 Å². The van der Waals surface area contributed by atoms with Gasteiger partial charge in [-0.05, 0) is 17.7 Å². The average Bonchev–Trinajstić information content (AvgIpc) is 3.30. The first-order chi connectivity index (χ1) is 15.1. The summed E-state index contributed by atoms with van der Waals surface area (Å²) in [5.74, 6) is -1.07. The maximum absolute atomic E-state index is 13.8. The summed E-state index contributed by atoms with van der Waals surface area (Å²) in [6, 6.07) is 17.8. The van der Waals surface area contributed by atoms with E-state index in [1.54, 1.807) is 23.1 Å². The molecule has 0 aliphatic carbocycles. The van der Waals surface area contributed by atoms with Crippen molar-refractivity contribution in [3.05, 3.63) is 84.1 Å². The predicted molar refractivity (Wildman–Crippen MR) is 113 cm³/mol. The molecule has 1 amide bonds. The van der Waals surface area contributed by atoms with Crippen LogP contribution in [0.5, 0.6) is 0 Å². The Balaban J connectivity index is 1.27. The zero-order valence-electron chi connectivity index (χ0n) is 17.0. The van der Waals surface area contributed by atoms with Gasteiger partial charge < -0.3 is 14.1 Å². The van der Waals surface area contributed by atoms with Crippen molar-refractivity contribution in [2.75, 3.05) is 32.8 Å². The minimum Gasteiger partial charge on any atom is -0.457 e. The van der Waals surface area contributed by atoms with Gasteiger partial charge in [0, 0.05) is 43.9 Å². The Morgan fingerprint density at radius 3 is 2.39 bits per heavy atom. The molecule has 31 heavy (non-hydrogen) atoms. The standard InChI is InChI=1S/C24H23FN2O4/c25-21-9-5-4-8-19(21)16-26-11-13-27(14-12-26)22(28)17-31-24(29)23-20(10-15-30-23)18-6-2-1-3-7-18/h1-10,15H,11-14,16-17H2. The molecule has 0 bridgehead atoms. The summed E-state index contributed by atoms with van der Waals surface area (Å²) in [6.07, 6.45) is 1.43. The summed E-state index contributed by atoms with van der Waals surface area (Å²) in [7, 11) is 0. The molecule has 0 unspecified atom stereocenters. The molecule has 1 aliphatic rings. The minimum absolute atomic E-state index is 0.0775. The van der Waals surface area contributed by atoms with Gasteiger partial charge >= 0.3 is 5.97 Å². The highest BCUT2D eigenvalue weighted by Crippen LogP contribution is 2.25. The van der Waals surface area contributed by atoms with Crippen molar-refractivity contribution in [3.63, 3.8) is 0 Å². The van der Waals surface area contributed by atoms with E-state index in [1.807, 2.05) is 36.4 Å². The Kier molecular flexibility index (Phi) is 6.43. The van der Waals surface area contributed by atoms with Gasteiger partial charge in [-0.2, -0.15) is 0 Å². The molecule has 1 saturated heterocycles. The lowest BCUT2D eigenvalue weighted by atomic mass is 10.1. The third-order valence-corrected chi connectivity index (χ3v) is 5.34. The number of benzene rings is 2. The molecule has 7 heteroatoms. The second kappa shape index (κ2) is 9.57. The quantitative estimate of drug-likeness (QED) is 0.568. The van der Waals surface area contributed by atoms with Crippen molar-refractivity contribution in [3.8, 4) is 11.1 Å². The van der Waals surface area contributed by atoms with Gasteiger partial charge in [0.15, 0.2) is 6.61 Å². The molecule has 6 nitrogen and oxygen atoms in total. The highest BCUT2D eigenvalue weighted by molar-refractivity contribution is 5.95. The summed E-state index contributed by atoms with van der Waals surface area (Å²) in [4.78, 5) is 28.7. The fourth-order valence-corrected chi connectivity index (χ4v) is 3.62. The second-order valence-corrected chi connectivity index (χ2v) is 7.35. The van der Waals surface area contributed by atoms with Gasteiger partial charge in [-0.25, -0.2) is 9.18 Å². The number of halogens is 1. The molecule has 2 heterocycles. The van der Waals surface area contributed by atoms with Crippen LogP contribution in [0.25, 0.3) is 11.1 Å². The normalized spacial score (nSPS) is 14.4. The number of ether oxygens (including phenoxy) is 1. The van der Waals surface area contributed by atoms with Gasteiger partial charge in [-0.15, -0.1) is 0 Å². The van der Waals surface area contributed by atoms with Gasteiger partial charge in [-0.1, -0.05) is 48.5 Å². The molecular formula is C24H23FN2O4. The smallest absolute Gasteiger partial charge is 0.375 e. The van der Waals surface area contributed by atoms with Crippen LogP contribution in [-0.2, 0) is 16.1 Å². The number of piperazine rings is 1. The monoisotopic (exact) mass is 422 g/mol. The van der Waals surface area contributed by atoms with Crippen LogP contribution in [0.3, 0.4) is 0 Å². The first-order valence-electron chi connectivity index (χ1n) is 10.2. The van der Waals surface area contributed by atoms with Crippen LogP contribution in [0.15, 0.2) is 71.3 Å². The zero-order valence-corrected chi connectivity index (χ0v) is 17.0. The number of hydrogen-bond donors (Lipinski definition) is 0. The lowest BCUT2D eigenvalue weighted by molar-refractivity contribution is -0.136. The van der Waals surface area contributed by atoms with E-state index >= 15 is 0 Å². The van der Waals surface area contributed by atoms with E-state index in [4.69, 9.17) is 9.15 Å². The van der Waals surface area contributed by atoms with Crippen molar-refractivity contribution in [1.29, 1.82) is 0 Å². The Labute approximate surface area is 179 Å². The van der Waals surface area contributed by atoms with Gasteiger partial charge in [-0.3, -0.25) is 9.69 Å². The SMILES string of the molecule is O=C(OCC(=O)N1CCN(Cc2ccccc2F)CC1)c1occc1-c1ccccc1. The van der Waals surface area contributed by atoms with Crippen LogP contribution >= 0.6 is 0 Å². The van der Waals surface area contributed by atoms with E-state index in [0.29, 0.717) is 43.9 Å². The Bertz CT molecular complexity index is 1040. The Hall–Kier alpha value is -3.45. The van der Waals surface area contributed by atoms with E-state index in [-0.39, 0.29) is 24.1 Å². The second-order valence-electron chi connectivity index (χ2n) is 7.35. The highest BCUT2D eigenvalue weighted by Gasteiger charge is 2.24.